The lowest BCUT2D eigenvalue weighted by atomic mass is 9.96. The molecule has 0 saturated carbocycles. The average Bonchev–Trinajstić information content (AvgIpc) is 3.44. The Morgan fingerprint density at radius 3 is 2.64 bits per heavy atom. The van der Waals surface area contributed by atoms with Gasteiger partial charge in [0, 0.05) is 25.1 Å². The molecule has 8 nitrogen and oxygen atoms in total. The highest BCUT2D eigenvalue weighted by Gasteiger charge is 2.29. The number of furan rings is 1. The fraction of sp³-hybridized carbons (Fsp3) is 0.350. The van der Waals surface area contributed by atoms with Crippen molar-refractivity contribution in [1.29, 1.82) is 0 Å². The zero-order chi connectivity index (χ0) is 19.5. The summed E-state index contributed by atoms with van der Waals surface area (Å²) in [5.41, 5.74) is 0.527. The number of methoxy groups -OCH3 is 2. The molecule has 0 unspecified atom stereocenters. The van der Waals surface area contributed by atoms with Crippen LogP contribution in [0.1, 0.15) is 35.0 Å². The summed E-state index contributed by atoms with van der Waals surface area (Å²) in [4.78, 5) is 14.7. The molecule has 0 spiro atoms. The standard InChI is InChI=1S/C20H21N3O5/c1-25-14-5-6-15(17(12-14)26-2)20(24)23-9-7-13(8-10-23)18-21-22-19(28-18)16-4-3-11-27-16/h3-6,11-13H,7-10H2,1-2H3. The van der Waals surface area contributed by atoms with Crippen LogP contribution in [0.2, 0.25) is 0 Å². The van der Waals surface area contributed by atoms with E-state index < -0.39 is 0 Å². The summed E-state index contributed by atoms with van der Waals surface area (Å²) in [6.45, 7) is 1.22. The molecule has 3 heterocycles. The van der Waals surface area contributed by atoms with Gasteiger partial charge >= 0.3 is 0 Å². The number of likely N-dealkylation sites (tertiary alicyclic amines) is 1. The molecule has 1 aromatic carbocycles. The largest absolute Gasteiger partial charge is 0.497 e. The van der Waals surface area contributed by atoms with Crippen molar-refractivity contribution in [3.63, 3.8) is 0 Å². The molecule has 1 fully saturated rings. The van der Waals surface area contributed by atoms with Gasteiger partial charge in [-0.1, -0.05) is 0 Å². The zero-order valence-corrected chi connectivity index (χ0v) is 15.8. The van der Waals surface area contributed by atoms with Crippen molar-refractivity contribution in [3.05, 3.63) is 48.0 Å². The summed E-state index contributed by atoms with van der Waals surface area (Å²) < 4.78 is 21.6. The molecule has 1 aliphatic heterocycles. The normalized spacial score (nSPS) is 14.9. The maximum absolute atomic E-state index is 12.9. The second-order valence-corrected chi connectivity index (χ2v) is 6.56. The number of aromatic nitrogens is 2. The molecular formula is C20H21N3O5. The van der Waals surface area contributed by atoms with Crippen molar-refractivity contribution >= 4 is 5.91 Å². The second kappa shape index (κ2) is 7.75. The lowest BCUT2D eigenvalue weighted by Gasteiger charge is -2.30. The number of amides is 1. The minimum absolute atomic E-state index is 0.0558. The molecule has 28 heavy (non-hydrogen) atoms. The first-order valence-corrected chi connectivity index (χ1v) is 9.08. The lowest BCUT2D eigenvalue weighted by molar-refractivity contribution is 0.0703. The molecule has 3 aromatic rings. The monoisotopic (exact) mass is 383 g/mol. The maximum atomic E-state index is 12.9. The van der Waals surface area contributed by atoms with Crippen molar-refractivity contribution in [2.75, 3.05) is 27.3 Å². The molecule has 0 aliphatic carbocycles. The van der Waals surface area contributed by atoms with Crippen molar-refractivity contribution in [2.24, 2.45) is 0 Å². The minimum Gasteiger partial charge on any atom is -0.497 e. The van der Waals surface area contributed by atoms with Crippen LogP contribution in [0.3, 0.4) is 0 Å². The number of hydrogen-bond donors (Lipinski definition) is 0. The second-order valence-electron chi connectivity index (χ2n) is 6.56. The van der Waals surface area contributed by atoms with Crippen LogP contribution < -0.4 is 9.47 Å². The van der Waals surface area contributed by atoms with Gasteiger partial charge in [-0.15, -0.1) is 10.2 Å². The van der Waals surface area contributed by atoms with Crippen molar-refractivity contribution in [2.45, 2.75) is 18.8 Å². The van der Waals surface area contributed by atoms with E-state index in [4.69, 9.17) is 18.3 Å². The van der Waals surface area contributed by atoms with Gasteiger partial charge < -0.3 is 23.2 Å². The highest BCUT2D eigenvalue weighted by atomic mass is 16.5. The predicted octanol–water partition coefficient (Wildman–Crippen LogP) is 3.37. The van der Waals surface area contributed by atoms with Crippen LogP contribution in [0.25, 0.3) is 11.7 Å². The average molecular weight is 383 g/mol. The first kappa shape index (κ1) is 18.1. The van der Waals surface area contributed by atoms with E-state index in [9.17, 15) is 4.79 Å². The predicted molar refractivity (Wildman–Crippen MR) is 99.4 cm³/mol. The van der Waals surface area contributed by atoms with E-state index in [1.165, 1.54) is 0 Å². The van der Waals surface area contributed by atoms with E-state index in [0.717, 1.165) is 12.8 Å². The fourth-order valence-electron chi connectivity index (χ4n) is 3.37. The van der Waals surface area contributed by atoms with E-state index in [1.807, 2.05) is 4.90 Å². The third-order valence-corrected chi connectivity index (χ3v) is 4.94. The van der Waals surface area contributed by atoms with Crippen molar-refractivity contribution < 1.29 is 23.1 Å². The molecule has 1 saturated heterocycles. The van der Waals surface area contributed by atoms with Crippen molar-refractivity contribution in [1.82, 2.24) is 15.1 Å². The molecule has 4 rings (SSSR count). The van der Waals surface area contributed by atoms with Gasteiger partial charge in [-0.05, 0) is 37.1 Å². The van der Waals surface area contributed by atoms with E-state index in [1.54, 1.807) is 50.8 Å². The summed E-state index contributed by atoms with van der Waals surface area (Å²) in [5.74, 6) is 2.74. The Labute approximate surface area is 162 Å². The highest BCUT2D eigenvalue weighted by Crippen LogP contribution is 2.31. The molecule has 2 aromatic heterocycles. The number of carbonyl (C=O) groups excluding carboxylic acids is 1. The Hall–Kier alpha value is -3.29. The Bertz CT molecular complexity index is 943. The van der Waals surface area contributed by atoms with Gasteiger partial charge in [0.2, 0.25) is 5.89 Å². The van der Waals surface area contributed by atoms with E-state index >= 15 is 0 Å². The van der Waals surface area contributed by atoms with Gasteiger partial charge in [-0.2, -0.15) is 0 Å². The van der Waals surface area contributed by atoms with Gasteiger partial charge in [0.15, 0.2) is 5.76 Å². The highest BCUT2D eigenvalue weighted by molar-refractivity contribution is 5.97. The quantitative estimate of drug-likeness (QED) is 0.667. The summed E-state index contributed by atoms with van der Waals surface area (Å²) in [6, 6.07) is 8.77. The number of benzene rings is 1. The van der Waals surface area contributed by atoms with Gasteiger partial charge in [0.25, 0.3) is 11.8 Å². The van der Waals surface area contributed by atoms with E-state index in [0.29, 0.717) is 47.7 Å². The Morgan fingerprint density at radius 2 is 1.96 bits per heavy atom. The molecule has 1 amide bonds. The van der Waals surface area contributed by atoms with Crippen LogP contribution in [0.5, 0.6) is 11.5 Å². The summed E-state index contributed by atoms with van der Waals surface area (Å²) in [5, 5.41) is 8.21. The number of ether oxygens (including phenoxy) is 2. The number of piperidine rings is 1. The molecule has 0 radical (unpaired) electrons. The van der Waals surface area contributed by atoms with E-state index in [-0.39, 0.29) is 11.8 Å². The van der Waals surface area contributed by atoms with Crippen LogP contribution in [-0.4, -0.2) is 48.3 Å². The molecule has 0 atom stereocenters. The molecular weight excluding hydrogens is 362 g/mol. The van der Waals surface area contributed by atoms with Gasteiger partial charge in [-0.3, -0.25) is 4.79 Å². The molecule has 8 heteroatoms. The van der Waals surface area contributed by atoms with Gasteiger partial charge in [0.05, 0.1) is 26.0 Å². The van der Waals surface area contributed by atoms with Gasteiger partial charge in [-0.25, -0.2) is 0 Å². The molecule has 1 aliphatic rings. The zero-order valence-electron chi connectivity index (χ0n) is 15.8. The number of rotatable bonds is 5. The Morgan fingerprint density at radius 1 is 1.14 bits per heavy atom. The summed E-state index contributed by atoms with van der Waals surface area (Å²) in [7, 11) is 3.12. The van der Waals surface area contributed by atoms with Crippen LogP contribution in [0.15, 0.2) is 45.4 Å². The third kappa shape index (κ3) is 3.45. The third-order valence-electron chi connectivity index (χ3n) is 4.94. The summed E-state index contributed by atoms with van der Waals surface area (Å²) >= 11 is 0. The topological polar surface area (TPSA) is 90.8 Å². The summed E-state index contributed by atoms with van der Waals surface area (Å²) in [6.07, 6.45) is 3.07. The van der Waals surface area contributed by atoms with Crippen LogP contribution in [0.4, 0.5) is 0 Å². The Kier molecular flexibility index (Phi) is 5.01. The Balaban J connectivity index is 1.42. The first-order chi connectivity index (χ1) is 13.7. The molecule has 0 N–H and O–H groups in total. The van der Waals surface area contributed by atoms with Crippen LogP contribution >= 0.6 is 0 Å². The van der Waals surface area contributed by atoms with Crippen molar-refractivity contribution in [3.8, 4) is 23.1 Å². The number of carbonyl (C=O) groups is 1. The fourth-order valence-corrected chi connectivity index (χ4v) is 3.37. The molecule has 0 bridgehead atoms. The lowest BCUT2D eigenvalue weighted by Crippen LogP contribution is -2.38. The number of hydrogen-bond acceptors (Lipinski definition) is 7. The minimum atomic E-state index is -0.0558. The first-order valence-electron chi connectivity index (χ1n) is 9.08. The smallest absolute Gasteiger partial charge is 0.283 e. The van der Waals surface area contributed by atoms with Crippen LogP contribution in [0, 0.1) is 0 Å². The number of nitrogens with zero attached hydrogens (tertiary/aromatic N) is 3. The molecule has 146 valence electrons. The SMILES string of the molecule is COc1ccc(C(=O)N2CCC(c3nnc(-c4ccco4)o3)CC2)c(OC)c1. The van der Waals surface area contributed by atoms with E-state index in [2.05, 4.69) is 10.2 Å². The van der Waals surface area contributed by atoms with Gasteiger partial charge in [0.1, 0.15) is 11.5 Å². The van der Waals surface area contributed by atoms with Crippen LogP contribution in [-0.2, 0) is 0 Å². The maximum Gasteiger partial charge on any atom is 0.283 e.